The number of rotatable bonds is 33. The molecule has 0 aromatic heterocycles. The second-order valence-electron chi connectivity index (χ2n) is 13.0. The summed E-state index contributed by atoms with van der Waals surface area (Å²) in [5, 5.41) is 11.9. The molecule has 0 bridgehead atoms. The number of hydrogen-bond donors (Lipinski definition) is 4. The molecule has 260 valence electrons. The van der Waals surface area contributed by atoms with Crippen LogP contribution in [0.5, 0.6) is 0 Å². The molecule has 0 aromatic rings. The molecule has 0 fully saturated rings. The summed E-state index contributed by atoms with van der Waals surface area (Å²) in [5.74, 6) is 0.904. The number of hydrogen-bond acceptors (Lipinski definition) is 2. The fraction of sp³-hybridized carbons (Fsp3) is 0.895. The summed E-state index contributed by atoms with van der Waals surface area (Å²) < 4.78 is 0. The Kier molecular flexibility index (Phi) is 34.4. The SMILES string of the molecule is CCCCCCCC/C=C\CCCCCCCCNC(=O)NCCCCCCNC(=O)NCCCCCCC(CC)CCC. The van der Waals surface area contributed by atoms with E-state index in [9.17, 15) is 9.59 Å². The highest BCUT2D eigenvalue weighted by atomic mass is 16.2. The van der Waals surface area contributed by atoms with E-state index in [1.165, 1.54) is 128 Å². The average Bonchev–Trinajstić information content (AvgIpc) is 3.02. The molecular formula is C38H76N4O2. The number of urea groups is 2. The Morgan fingerprint density at radius 2 is 0.795 bits per heavy atom. The van der Waals surface area contributed by atoms with Crippen LogP contribution in [0.1, 0.15) is 188 Å². The molecule has 0 saturated carbocycles. The van der Waals surface area contributed by atoms with Gasteiger partial charge in [-0.1, -0.05) is 148 Å². The highest BCUT2D eigenvalue weighted by Gasteiger charge is 2.05. The van der Waals surface area contributed by atoms with Crippen LogP contribution in [0.15, 0.2) is 12.2 Å². The van der Waals surface area contributed by atoms with Crippen LogP contribution in [-0.2, 0) is 0 Å². The molecule has 0 radical (unpaired) electrons. The van der Waals surface area contributed by atoms with Crippen LogP contribution in [0.25, 0.3) is 0 Å². The van der Waals surface area contributed by atoms with Gasteiger partial charge < -0.3 is 21.3 Å². The van der Waals surface area contributed by atoms with E-state index >= 15 is 0 Å². The van der Waals surface area contributed by atoms with Crippen molar-refractivity contribution < 1.29 is 9.59 Å². The minimum atomic E-state index is -0.0438. The minimum Gasteiger partial charge on any atom is -0.338 e. The van der Waals surface area contributed by atoms with E-state index in [4.69, 9.17) is 0 Å². The normalized spacial score (nSPS) is 12.0. The van der Waals surface area contributed by atoms with Crippen molar-refractivity contribution in [2.24, 2.45) is 5.92 Å². The number of carbonyl (C=O) groups excluding carboxylic acids is 2. The first-order valence-electron chi connectivity index (χ1n) is 19.3. The lowest BCUT2D eigenvalue weighted by Crippen LogP contribution is -2.36. The zero-order valence-corrected chi connectivity index (χ0v) is 29.8. The van der Waals surface area contributed by atoms with Gasteiger partial charge in [0, 0.05) is 26.2 Å². The van der Waals surface area contributed by atoms with Crippen LogP contribution >= 0.6 is 0 Å². The van der Waals surface area contributed by atoms with E-state index in [0.717, 1.165) is 57.5 Å². The smallest absolute Gasteiger partial charge is 0.314 e. The number of amides is 4. The summed E-state index contributed by atoms with van der Waals surface area (Å²) in [6.45, 7) is 9.82. The Bertz CT molecular complexity index is 640. The van der Waals surface area contributed by atoms with Gasteiger partial charge in [-0.3, -0.25) is 0 Å². The maximum Gasteiger partial charge on any atom is 0.314 e. The number of nitrogens with one attached hydrogen (secondary N) is 4. The molecule has 0 aromatic carbocycles. The highest BCUT2D eigenvalue weighted by Crippen LogP contribution is 2.19. The lowest BCUT2D eigenvalue weighted by Gasteiger charge is -2.13. The third-order valence-electron chi connectivity index (χ3n) is 8.75. The molecule has 0 aliphatic heterocycles. The van der Waals surface area contributed by atoms with Crippen molar-refractivity contribution in [2.45, 2.75) is 188 Å². The van der Waals surface area contributed by atoms with Crippen LogP contribution < -0.4 is 21.3 Å². The highest BCUT2D eigenvalue weighted by molar-refractivity contribution is 5.74. The van der Waals surface area contributed by atoms with Gasteiger partial charge in [-0.15, -0.1) is 0 Å². The fourth-order valence-corrected chi connectivity index (χ4v) is 5.78. The molecule has 0 heterocycles. The van der Waals surface area contributed by atoms with Crippen LogP contribution in [-0.4, -0.2) is 38.2 Å². The van der Waals surface area contributed by atoms with E-state index in [2.05, 4.69) is 54.2 Å². The zero-order valence-electron chi connectivity index (χ0n) is 29.8. The molecule has 4 N–H and O–H groups in total. The summed E-state index contributed by atoms with van der Waals surface area (Å²) in [5.41, 5.74) is 0. The summed E-state index contributed by atoms with van der Waals surface area (Å²) in [4.78, 5) is 23.9. The van der Waals surface area contributed by atoms with Gasteiger partial charge in [0.2, 0.25) is 0 Å². The number of carbonyl (C=O) groups is 2. The number of allylic oxidation sites excluding steroid dienone is 2. The van der Waals surface area contributed by atoms with Gasteiger partial charge in [0.25, 0.3) is 0 Å². The van der Waals surface area contributed by atoms with Gasteiger partial charge in [0.05, 0.1) is 0 Å². The molecule has 6 nitrogen and oxygen atoms in total. The van der Waals surface area contributed by atoms with Gasteiger partial charge in [-0.25, -0.2) is 9.59 Å². The molecule has 4 amide bonds. The predicted molar refractivity (Wildman–Crippen MR) is 192 cm³/mol. The first-order chi connectivity index (χ1) is 21.6. The lowest BCUT2D eigenvalue weighted by atomic mass is 9.94. The van der Waals surface area contributed by atoms with E-state index in [0.29, 0.717) is 13.1 Å². The summed E-state index contributed by atoms with van der Waals surface area (Å²) in [6, 6.07) is -0.0863. The Labute approximate surface area is 274 Å². The quantitative estimate of drug-likeness (QED) is 0.0435. The molecule has 1 unspecified atom stereocenters. The van der Waals surface area contributed by atoms with Gasteiger partial charge in [0.15, 0.2) is 0 Å². The van der Waals surface area contributed by atoms with Crippen LogP contribution in [0.3, 0.4) is 0 Å². The van der Waals surface area contributed by atoms with Crippen molar-refractivity contribution in [2.75, 3.05) is 26.2 Å². The summed E-state index contributed by atoms with van der Waals surface area (Å²) in [6.07, 6.45) is 37.3. The van der Waals surface area contributed by atoms with Crippen LogP contribution in [0.2, 0.25) is 0 Å². The molecular weight excluding hydrogens is 544 g/mol. The Morgan fingerprint density at radius 3 is 1.18 bits per heavy atom. The van der Waals surface area contributed by atoms with Crippen molar-refractivity contribution in [3.63, 3.8) is 0 Å². The Morgan fingerprint density at radius 1 is 0.432 bits per heavy atom. The maximum atomic E-state index is 12.0. The van der Waals surface area contributed by atoms with Crippen molar-refractivity contribution in [1.29, 1.82) is 0 Å². The maximum absolute atomic E-state index is 12.0. The third kappa shape index (κ3) is 33.2. The number of unbranched alkanes of at least 4 members (excludes halogenated alkanes) is 18. The molecule has 0 rings (SSSR count). The summed E-state index contributed by atoms with van der Waals surface area (Å²) in [7, 11) is 0. The molecule has 44 heavy (non-hydrogen) atoms. The zero-order chi connectivity index (χ0) is 32.2. The molecule has 6 heteroatoms. The Hall–Kier alpha value is -1.72. The van der Waals surface area contributed by atoms with Crippen LogP contribution in [0.4, 0.5) is 9.59 Å². The predicted octanol–water partition coefficient (Wildman–Crippen LogP) is 11.0. The molecule has 0 aliphatic rings. The van der Waals surface area contributed by atoms with Gasteiger partial charge in [0.1, 0.15) is 0 Å². The minimum absolute atomic E-state index is 0.0425. The topological polar surface area (TPSA) is 82.3 Å². The molecule has 0 aliphatic carbocycles. The standard InChI is InChI=1S/C38H76N4O2/c1-4-7-8-9-10-11-12-13-14-15-16-17-18-19-21-26-32-39-37(43)41-34-28-23-24-29-35-42-38(44)40-33-27-22-20-25-31-36(6-3)30-5-2/h13-14,36H,4-12,15-35H2,1-3H3,(H2,39,41,43)(H2,40,42,44)/b14-13-. The third-order valence-corrected chi connectivity index (χ3v) is 8.75. The van der Waals surface area contributed by atoms with Crippen molar-refractivity contribution in [3.8, 4) is 0 Å². The molecule has 1 atom stereocenters. The van der Waals surface area contributed by atoms with E-state index in [1.807, 2.05) is 0 Å². The largest absolute Gasteiger partial charge is 0.338 e. The fourth-order valence-electron chi connectivity index (χ4n) is 5.78. The second kappa shape index (κ2) is 35.8. The van der Waals surface area contributed by atoms with E-state index in [1.54, 1.807) is 0 Å². The summed E-state index contributed by atoms with van der Waals surface area (Å²) >= 11 is 0. The van der Waals surface area contributed by atoms with Gasteiger partial charge >= 0.3 is 12.1 Å². The van der Waals surface area contributed by atoms with Crippen LogP contribution in [0, 0.1) is 5.92 Å². The Balaban J connectivity index is 3.32. The molecule has 0 saturated heterocycles. The van der Waals surface area contributed by atoms with Crippen molar-refractivity contribution in [1.82, 2.24) is 21.3 Å². The average molecular weight is 621 g/mol. The first-order valence-corrected chi connectivity index (χ1v) is 19.3. The lowest BCUT2D eigenvalue weighted by molar-refractivity contribution is 0.239. The second-order valence-corrected chi connectivity index (χ2v) is 13.0. The van der Waals surface area contributed by atoms with E-state index in [-0.39, 0.29) is 12.1 Å². The van der Waals surface area contributed by atoms with Gasteiger partial charge in [-0.2, -0.15) is 0 Å². The monoisotopic (exact) mass is 621 g/mol. The van der Waals surface area contributed by atoms with Gasteiger partial charge in [-0.05, 0) is 57.3 Å². The van der Waals surface area contributed by atoms with Crippen molar-refractivity contribution >= 4 is 12.1 Å². The van der Waals surface area contributed by atoms with E-state index < -0.39 is 0 Å². The van der Waals surface area contributed by atoms with Crippen molar-refractivity contribution in [3.05, 3.63) is 12.2 Å². The molecule has 0 spiro atoms. The first kappa shape index (κ1) is 42.3.